The number of hydrogen-bond donors (Lipinski definition) is 2. The second-order valence-electron chi connectivity index (χ2n) is 5.50. The minimum atomic E-state index is -1.16. The van der Waals surface area contributed by atoms with Gasteiger partial charge in [0.05, 0.1) is 12.0 Å². The number of ketones is 1. The first-order valence-corrected chi connectivity index (χ1v) is 7.45. The van der Waals surface area contributed by atoms with E-state index in [0.717, 1.165) is 0 Å². The van der Waals surface area contributed by atoms with Crippen LogP contribution in [0.25, 0.3) is 0 Å². The quantitative estimate of drug-likeness (QED) is 0.781. The van der Waals surface area contributed by atoms with E-state index in [-0.39, 0.29) is 29.8 Å². The number of halogens is 1. The lowest BCUT2D eigenvalue weighted by Crippen LogP contribution is -2.09. The summed E-state index contributed by atoms with van der Waals surface area (Å²) < 4.78 is 14.0. The molecule has 2 aromatic rings. The Hall–Kier alpha value is -3.27. The van der Waals surface area contributed by atoms with Gasteiger partial charge in [-0.25, -0.2) is 9.37 Å². The maximum atomic E-state index is 14.0. The lowest BCUT2D eigenvalue weighted by molar-refractivity contribution is -0.136. The molecule has 0 fully saturated rings. The highest BCUT2D eigenvalue weighted by atomic mass is 19.1. The molecule has 0 radical (unpaired) electrons. The van der Waals surface area contributed by atoms with Gasteiger partial charge in [0.15, 0.2) is 11.5 Å². The fourth-order valence-corrected chi connectivity index (χ4v) is 2.37. The SMILES string of the molecule is Cc1cccc(F)c1Cc1cc(C#N)c(O)c(C(=O)CCC(=O)O)n1. The summed E-state index contributed by atoms with van der Waals surface area (Å²) in [6.45, 7) is 1.73. The maximum Gasteiger partial charge on any atom is 0.303 e. The fraction of sp³-hybridized carbons (Fsp3) is 0.222. The van der Waals surface area contributed by atoms with Crippen LogP contribution in [0.2, 0.25) is 0 Å². The van der Waals surface area contributed by atoms with Crippen molar-refractivity contribution < 1.29 is 24.2 Å². The van der Waals surface area contributed by atoms with Crippen molar-refractivity contribution in [2.24, 2.45) is 0 Å². The molecule has 1 heterocycles. The highest BCUT2D eigenvalue weighted by Gasteiger charge is 2.20. The molecule has 0 amide bonds. The Balaban J connectivity index is 2.43. The minimum Gasteiger partial charge on any atom is -0.504 e. The first-order chi connectivity index (χ1) is 11.8. The van der Waals surface area contributed by atoms with Crippen molar-refractivity contribution in [3.63, 3.8) is 0 Å². The van der Waals surface area contributed by atoms with Crippen LogP contribution >= 0.6 is 0 Å². The van der Waals surface area contributed by atoms with Gasteiger partial charge in [-0.15, -0.1) is 0 Å². The van der Waals surface area contributed by atoms with Crippen LogP contribution in [-0.4, -0.2) is 26.9 Å². The van der Waals surface area contributed by atoms with Crippen molar-refractivity contribution in [1.29, 1.82) is 5.26 Å². The van der Waals surface area contributed by atoms with Gasteiger partial charge in [-0.3, -0.25) is 9.59 Å². The average Bonchev–Trinajstić information content (AvgIpc) is 2.57. The number of carbonyl (C=O) groups excluding carboxylic acids is 1. The van der Waals surface area contributed by atoms with Crippen molar-refractivity contribution in [2.45, 2.75) is 26.2 Å². The van der Waals surface area contributed by atoms with Crippen LogP contribution < -0.4 is 0 Å². The van der Waals surface area contributed by atoms with E-state index in [9.17, 15) is 19.1 Å². The highest BCUT2D eigenvalue weighted by molar-refractivity contribution is 5.98. The number of aliphatic carboxylic acids is 1. The molecule has 2 rings (SSSR count). The average molecular weight is 342 g/mol. The maximum absolute atomic E-state index is 14.0. The Morgan fingerprint density at radius 2 is 2.04 bits per heavy atom. The lowest BCUT2D eigenvalue weighted by atomic mass is 10.0. The molecule has 128 valence electrons. The van der Waals surface area contributed by atoms with E-state index in [1.807, 2.05) is 0 Å². The van der Waals surface area contributed by atoms with Gasteiger partial charge in [0, 0.05) is 18.5 Å². The molecule has 1 aromatic heterocycles. The molecule has 0 saturated heterocycles. The van der Waals surface area contributed by atoms with Gasteiger partial charge >= 0.3 is 5.97 Å². The van der Waals surface area contributed by atoms with Crippen LogP contribution in [0.4, 0.5) is 4.39 Å². The number of pyridine rings is 1. The van der Waals surface area contributed by atoms with E-state index in [0.29, 0.717) is 11.1 Å². The molecular weight excluding hydrogens is 327 g/mol. The zero-order valence-electron chi connectivity index (χ0n) is 13.4. The number of aryl methyl sites for hydroxylation is 1. The number of hydrogen-bond acceptors (Lipinski definition) is 5. The molecule has 6 nitrogen and oxygen atoms in total. The molecule has 2 N–H and O–H groups in total. The van der Waals surface area contributed by atoms with Crippen LogP contribution in [0.5, 0.6) is 5.75 Å². The van der Waals surface area contributed by atoms with E-state index in [1.165, 1.54) is 12.1 Å². The number of Topliss-reactive ketones (excluding diaryl/α,β-unsaturated/α-hetero) is 1. The van der Waals surface area contributed by atoms with Crippen LogP contribution in [0.3, 0.4) is 0 Å². The smallest absolute Gasteiger partial charge is 0.303 e. The topological polar surface area (TPSA) is 111 Å². The highest BCUT2D eigenvalue weighted by Crippen LogP contribution is 2.25. The largest absolute Gasteiger partial charge is 0.504 e. The number of nitrogens with zero attached hydrogens (tertiary/aromatic N) is 2. The summed E-state index contributed by atoms with van der Waals surface area (Å²) in [5.74, 6) is -2.88. The van der Waals surface area contributed by atoms with Gasteiger partial charge in [0.1, 0.15) is 17.6 Å². The summed E-state index contributed by atoms with van der Waals surface area (Å²) in [7, 11) is 0. The standard InChI is InChI=1S/C18H15FN2O4/c1-10-3-2-4-14(19)13(10)8-12-7-11(9-20)18(25)17(21-12)15(22)5-6-16(23)24/h2-4,7,25H,5-6,8H2,1H3,(H,23,24). The number of aromatic hydroxyl groups is 1. The van der Waals surface area contributed by atoms with Gasteiger partial charge in [0.25, 0.3) is 0 Å². The Morgan fingerprint density at radius 3 is 2.64 bits per heavy atom. The molecule has 0 aliphatic heterocycles. The summed E-state index contributed by atoms with van der Waals surface area (Å²) in [5, 5.41) is 27.8. The summed E-state index contributed by atoms with van der Waals surface area (Å²) in [6, 6.07) is 7.64. The number of carboxylic acid groups (broad SMARTS) is 1. The monoisotopic (exact) mass is 342 g/mol. The molecule has 0 aliphatic carbocycles. The zero-order chi connectivity index (χ0) is 18.6. The number of nitriles is 1. The van der Waals surface area contributed by atoms with Crippen LogP contribution in [0.1, 0.15) is 45.7 Å². The number of carboxylic acids is 1. The zero-order valence-corrected chi connectivity index (χ0v) is 13.4. The van der Waals surface area contributed by atoms with Gasteiger partial charge in [-0.05, 0) is 30.2 Å². The van der Waals surface area contributed by atoms with E-state index in [1.54, 1.807) is 25.1 Å². The molecule has 0 aliphatic rings. The Morgan fingerprint density at radius 1 is 1.32 bits per heavy atom. The molecule has 1 aromatic carbocycles. The lowest BCUT2D eigenvalue weighted by Gasteiger charge is -2.10. The molecule has 0 bridgehead atoms. The third kappa shape index (κ3) is 4.18. The number of benzene rings is 1. The normalized spacial score (nSPS) is 10.3. The number of carbonyl (C=O) groups is 2. The molecule has 25 heavy (non-hydrogen) atoms. The predicted molar refractivity (Wildman–Crippen MR) is 85.8 cm³/mol. The summed E-state index contributed by atoms with van der Waals surface area (Å²) >= 11 is 0. The predicted octanol–water partition coefficient (Wildman–Crippen LogP) is 2.74. The molecule has 0 spiro atoms. The Labute approximate surface area is 143 Å². The van der Waals surface area contributed by atoms with Gasteiger partial charge in [0.2, 0.25) is 0 Å². The van der Waals surface area contributed by atoms with E-state index >= 15 is 0 Å². The van der Waals surface area contributed by atoms with E-state index < -0.39 is 29.7 Å². The Bertz CT molecular complexity index is 867. The van der Waals surface area contributed by atoms with Crippen LogP contribution in [0, 0.1) is 24.1 Å². The van der Waals surface area contributed by atoms with Crippen molar-refractivity contribution in [2.75, 3.05) is 0 Å². The second-order valence-corrected chi connectivity index (χ2v) is 5.50. The number of rotatable bonds is 6. The second kappa shape index (κ2) is 7.53. The minimum absolute atomic E-state index is 0.0344. The summed E-state index contributed by atoms with van der Waals surface area (Å²) in [5.41, 5.74) is 0.754. The molecule has 0 atom stereocenters. The number of aromatic nitrogens is 1. The van der Waals surface area contributed by atoms with Crippen molar-refractivity contribution in [1.82, 2.24) is 4.98 Å². The summed E-state index contributed by atoms with van der Waals surface area (Å²) in [4.78, 5) is 26.7. The molecule has 0 unspecified atom stereocenters. The van der Waals surface area contributed by atoms with Crippen molar-refractivity contribution in [3.05, 3.63) is 58.2 Å². The van der Waals surface area contributed by atoms with Crippen LogP contribution in [0.15, 0.2) is 24.3 Å². The first kappa shape index (κ1) is 18.1. The first-order valence-electron chi connectivity index (χ1n) is 7.45. The van der Waals surface area contributed by atoms with Gasteiger partial charge in [-0.2, -0.15) is 5.26 Å². The summed E-state index contributed by atoms with van der Waals surface area (Å²) in [6.07, 6.45) is -0.742. The molecular formula is C18H15FN2O4. The van der Waals surface area contributed by atoms with Gasteiger partial charge in [-0.1, -0.05) is 12.1 Å². The third-order valence-corrected chi connectivity index (χ3v) is 3.71. The van der Waals surface area contributed by atoms with Crippen molar-refractivity contribution in [3.8, 4) is 11.8 Å². The van der Waals surface area contributed by atoms with Crippen LogP contribution in [-0.2, 0) is 11.2 Å². The van der Waals surface area contributed by atoms with E-state index in [2.05, 4.69) is 4.98 Å². The molecule has 7 heteroatoms. The van der Waals surface area contributed by atoms with Crippen molar-refractivity contribution >= 4 is 11.8 Å². The Kier molecular flexibility index (Phi) is 5.45. The van der Waals surface area contributed by atoms with E-state index in [4.69, 9.17) is 10.4 Å². The van der Waals surface area contributed by atoms with Gasteiger partial charge < -0.3 is 10.2 Å². The fourth-order valence-electron chi connectivity index (χ4n) is 2.37. The third-order valence-electron chi connectivity index (χ3n) is 3.71. The molecule has 0 saturated carbocycles.